The third kappa shape index (κ3) is 15.0. The van der Waals surface area contributed by atoms with Crippen molar-refractivity contribution >= 4 is 46.9 Å². The van der Waals surface area contributed by atoms with E-state index < -0.39 is 41.6 Å². The van der Waals surface area contributed by atoms with Gasteiger partial charge in [0.25, 0.3) is 5.79 Å². The number of hydrogen-bond donors (Lipinski definition) is 0. The second-order valence-electron chi connectivity index (χ2n) is 12.6. The van der Waals surface area contributed by atoms with Crippen molar-refractivity contribution in [3.05, 3.63) is 140 Å². The van der Waals surface area contributed by atoms with Gasteiger partial charge in [-0.15, -0.1) is 0 Å². The Balaban J connectivity index is 1.78. The lowest BCUT2D eigenvalue weighted by Gasteiger charge is -2.28. The molecule has 13 heteroatoms. The van der Waals surface area contributed by atoms with Crippen LogP contribution in [0, 0.1) is 0 Å². The van der Waals surface area contributed by atoms with Crippen LogP contribution in [-0.4, -0.2) is 68.0 Å². The van der Waals surface area contributed by atoms with E-state index in [9.17, 15) is 24.0 Å². The van der Waals surface area contributed by atoms with E-state index in [1.54, 1.807) is 6.92 Å². The van der Waals surface area contributed by atoms with Crippen LogP contribution in [-0.2, 0) is 76.4 Å². The summed E-state index contributed by atoms with van der Waals surface area (Å²) in [7, 11) is 0. The van der Waals surface area contributed by atoms with Gasteiger partial charge in [0.05, 0.1) is 19.8 Å². The SMILES string of the molecule is C=CC(=O)OCCc1ccc(N(c2ccc(CCOCC(C)(OC(=O)C=C)OC(=O)C=C)cc2)c2ccc(CCOC(C)(OC(=O)C=C)OC(=O)CC)cc2)cc1. The molecule has 13 nitrogen and oxygen atoms in total. The number of anilines is 3. The summed E-state index contributed by atoms with van der Waals surface area (Å²) >= 11 is 0. The van der Waals surface area contributed by atoms with Crippen molar-refractivity contribution in [1.29, 1.82) is 0 Å². The van der Waals surface area contributed by atoms with Crippen LogP contribution < -0.4 is 4.90 Å². The molecule has 0 amide bonds. The monoisotopic (exact) mass is 783 g/mol. The molecule has 0 aliphatic heterocycles. The Morgan fingerprint density at radius 3 is 1.39 bits per heavy atom. The van der Waals surface area contributed by atoms with Gasteiger partial charge in [0.15, 0.2) is 0 Å². The molecule has 0 fully saturated rings. The normalized spacial score (nSPS) is 11.8. The highest BCUT2D eigenvalue weighted by atomic mass is 16.9. The molecule has 0 heterocycles. The number of carbonyl (C=O) groups excluding carboxylic acids is 5. The minimum absolute atomic E-state index is 0.0697. The predicted octanol–water partition coefficient (Wildman–Crippen LogP) is 7.08. The highest BCUT2D eigenvalue weighted by molar-refractivity contribution is 5.84. The summed E-state index contributed by atoms with van der Waals surface area (Å²) in [6.45, 7) is 18.3. The van der Waals surface area contributed by atoms with Gasteiger partial charge in [0, 0.05) is 68.1 Å². The lowest BCUT2D eigenvalue weighted by molar-refractivity contribution is -0.333. The first-order chi connectivity index (χ1) is 27.2. The zero-order valence-corrected chi connectivity index (χ0v) is 32.6. The number of rotatable bonds is 24. The van der Waals surface area contributed by atoms with Crippen molar-refractivity contribution in [3.8, 4) is 0 Å². The van der Waals surface area contributed by atoms with Gasteiger partial charge in [0.2, 0.25) is 0 Å². The van der Waals surface area contributed by atoms with Gasteiger partial charge in [-0.25, -0.2) is 19.2 Å². The van der Waals surface area contributed by atoms with Crippen molar-refractivity contribution in [2.45, 2.75) is 58.2 Å². The van der Waals surface area contributed by atoms with Crippen LogP contribution in [0.15, 0.2) is 123 Å². The van der Waals surface area contributed by atoms with E-state index in [0.29, 0.717) is 19.3 Å². The predicted molar refractivity (Wildman–Crippen MR) is 212 cm³/mol. The van der Waals surface area contributed by atoms with E-state index in [-0.39, 0.29) is 32.8 Å². The molecule has 3 rings (SSSR count). The Kier molecular flexibility index (Phi) is 17.6. The van der Waals surface area contributed by atoms with Gasteiger partial charge in [-0.1, -0.05) is 69.6 Å². The van der Waals surface area contributed by atoms with Gasteiger partial charge in [0.1, 0.15) is 6.61 Å². The second kappa shape index (κ2) is 22.3. The minimum atomic E-state index is -1.91. The van der Waals surface area contributed by atoms with Crippen LogP contribution in [0.25, 0.3) is 0 Å². The minimum Gasteiger partial charge on any atom is -0.462 e. The molecule has 0 N–H and O–H groups in total. The summed E-state index contributed by atoms with van der Waals surface area (Å²) < 4.78 is 37.4. The molecule has 3 aromatic carbocycles. The molecular formula is C44H49NO12. The van der Waals surface area contributed by atoms with Crippen molar-refractivity contribution < 1.29 is 57.1 Å². The molecule has 1 unspecified atom stereocenters. The number of benzene rings is 3. The van der Waals surface area contributed by atoms with Crippen LogP contribution >= 0.6 is 0 Å². The molecule has 3 aromatic rings. The quantitative estimate of drug-likeness (QED) is 0.0299. The molecule has 0 saturated heterocycles. The maximum Gasteiger partial charge on any atom is 0.372 e. The van der Waals surface area contributed by atoms with Crippen molar-refractivity contribution in [2.24, 2.45) is 0 Å². The molecule has 0 aromatic heterocycles. The van der Waals surface area contributed by atoms with E-state index in [1.807, 2.05) is 72.8 Å². The van der Waals surface area contributed by atoms with Gasteiger partial charge in [-0.3, -0.25) is 4.79 Å². The first-order valence-corrected chi connectivity index (χ1v) is 18.1. The van der Waals surface area contributed by atoms with Crippen molar-refractivity contribution in [1.82, 2.24) is 0 Å². The van der Waals surface area contributed by atoms with Gasteiger partial charge < -0.3 is 38.1 Å². The Morgan fingerprint density at radius 1 is 0.561 bits per heavy atom. The number of esters is 5. The van der Waals surface area contributed by atoms with Crippen LogP contribution in [0.2, 0.25) is 0 Å². The average molecular weight is 784 g/mol. The maximum atomic E-state index is 12.0. The fraction of sp³-hybridized carbons (Fsp3) is 0.295. The first-order valence-electron chi connectivity index (χ1n) is 18.1. The molecule has 0 radical (unpaired) electrons. The Morgan fingerprint density at radius 2 is 0.965 bits per heavy atom. The van der Waals surface area contributed by atoms with E-state index in [1.165, 1.54) is 13.8 Å². The summed E-state index contributed by atoms with van der Waals surface area (Å²) in [5.41, 5.74) is 5.43. The van der Waals surface area contributed by atoms with Gasteiger partial charge in [-0.05, 0) is 65.9 Å². The number of ether oxygens (including phenoxy) is 7. The smallest absolute Gasteiger partial charge is 0.372 e. The third-order valence-corrected chi connectivity index (χ3v) is 8.05. The number of carbonyl (C=O) groups is 5. The molecule has 0 spiro atoms. The van der Waals surface area contributed by atoms with E-state index in [4.69, 9.17) is 33.2 Å². The zero-order chi connectivity index (χ0) is 41.8. The van der Waals surface area contributed by atoms with Crippen molar-refractivity contribution in [3.63, 3.8) is 0 Å². The second-order valence-corrected chi connectivity index (χ2v) is 12.6. The highest BCUT2D eigenvalue weighted by Crippen LogP contribution is 2.35. The van der Waals surface area contributed by atoms with E-state index in [2.05, 4.69) is 31.2 Å². The maximum absolute atomic E-state index is 12.0. The molecule has 57 heavy (non-hydrogen) atoms. The Bertz CT molecular complexity index is 1850. The standard InChI is InChI=1S/C44H49NO12/c1-8-38(46)52-29-26-33-15-21-36(22-16-33)45(37-23-17-34(18-24-37)27-30-53-44(7,56-41(49)11-4)57-42(50)12-5)35-19-13-32(14-20-35)25-28-51-31-43(6,54-39(47)9-2)55-40(48)10-3/h8-11,13-24H,1-4,12,25-31H2,5-7H3. The van der Waals surface area contributed by atoms with Gasteiger partial charge >= 0.3 is 35.8 Å². The van der Waals surface area contributed by atoms with Gasteiger partial charge in [-0.2, -0.15) is 0 Å². The van der Waals surface area contributed by atoms with E-state index >= 15 is 0 Å². The lowest BCUT2D eigenvalue weighted by Crippen LogP contribution is -2.41. The third-order valence-electron chi connectivity index (χ3n) is 8.05. The highest BCUT2D eigenvalue weighted by Gasteiger charge is 2.34. The fourth-order valence-electron chi connectivity index (χ4n) is 5.18. The molecule has 0 bridgehead atoms. The fourth-order valence-corrected chi connectivity index (χ4v) is 5.18. The molecule has 0 aliphatic carbocycles. The molecule has 0 saturated carbocycles. The zero-order valence-electron chi connectivity index (χ0n) is 32.6. The van der Waals surface area contributed by atoms with Crippen LogP contribution in [0.3, 0.4) is 0 Å². The van der Waals surface area contributed by atoms with Crippen molar-refractivity contribution in [2.75, 3.05) is 31.3 Å². The first kappa shape index (κ1) is 45.1. The summed E-state index contributed by atoms with van der Waals surface area (Å²) in [5, 5.41) is 0. The topological polar surface area (TPSA) is 153 Å². The van der Waals surface area contributed by atoms with E-state index in [0.717, 1.165) is 58.1 Å². The Labute approximate surface area is 333 Å². The molecule has 302 valence electrons. The Hall–Kier alpha value is -6.31. The average Bonchev–Trinajstić information content (AvgIpc) is 3.20. The van der Waals surface area contributed by atoms with Crippen LogP contribution in [0.5, 0.6) is 0 Å². The van der Waals surface area contributed by atoms with Crippen LogP contribution in [0.1, 0.15) is 43.9 Å². The van der Waals surface area contributed by atoms with Crippen LogP contribution in [0.4, 0.5) is 17.1 Å². The molecular weight excluding hydrogens is 734 g/mol. The summed E-state index contributed by atoms with van der Waals surface area (Å²) in [4.78, 5) is 61.1. The molecule has 0 aliphatic rings. The number of nitrogens with zero attached hydrogens (tertiary/aromatic N) is 1. The lowest BCUT2D eigenvalue weighted by atomic mass is 10.1. The summed E-state index contributed by atoms with van der Waals surface area (Å²) in [6.07, 6.45) is 5.54. The molecule has 1 atom stereocenters. The number of hydrogen-bond acceptors (Lipinski definition) is 13. The summed E-state index contributed by atoms with van der Waals surface area (Å²) in [5.74, 6) is -6.98. The largest absolute Gasteiger partial charge is 0.462 e. The summed E-state index contributed by atoms with van der Waals surface area (Å²) in [6, 6.07) is 23.6.